The summed E-state index contributed by atoms with van der Waals surface area (Å²) in [6.07, 6.45) is 1.07. The van der Waals surface area contributed by atoms with E-state index in [1.165, 1.54) is 0 Å². The first-order valence-corrected chi connectivity index (χ1v) is 6.30. The van der Waals surface area contributed by atoms with E-state index in [1.807, 2.05) is 0 Å². The number of carbonyl (C=O) groups is 1. The molecule has 1 rings (SSSR count). The van der Waals surface area contributed by atoms with Crippen molar-refractivity contribution in [1.29, 1.82) is 0 Å². The fraction of sp³-hybridized carbons (Fsp3) is 0.385. The van der Waals surface area contributed by atoms with E-state index in [4.69, 9.17) is 27.4 Å². The molecule has 0 unspecified atom stereocenters. The van der Waals surface area contributed by atoms with Gasteiger partial charge in [-0.15, -0.1) is 0 Å². The molecule has 0 radical (unpaired) electrons. The Hall–Kier alpha value is -1.82. The van der Waals surface area contributed by atoms with E-state index in [2.05, 4.69) is 5.32 Å². The van der Waals surface area contributed by atoms with E-state index in [0.717, 1.165) is 0 Å². The van der Waals surface area contributed by atoms with Crippen molar-refractivity contribution in [3.05, 3.63) is 23.8 Å². The lowest BCUT2D eigenvalue weighted by Gasteiger charge is -2.10. The molecule has 0 heterocycles. The smallest absolute Gasteiger partial charge is 0.219 e. The van der Waals surface area contributed by atoms with E-state index in [9.17, 15) is 4.79 Å². The largest absolute Gasteiger partial charge is 0.497 e. The highest BCUT2D eigenvalue weighted by atomic mass is 32.1. The third kappa shape index (κ3) is 5.13. The van der Waals surface area contributed by atoms with Crippen LogP contribution in [0.25, 0.3) is 0 Å². The molecule has 19 heavy (non-hydrogen) atoms. The molecule has 0 aromatic heterocycles. The van der Waals surface area contributed by atoms with Gasteiger partial charge in [0.15, 0.2) is 0 Å². The zero-order valence-electron chi connectivity index (χ0n) is 11.1. The standard InChI is InChI=1S/C13H18N2O3S/c1-15-12(16)4-3-5-18-11-7-9(13(14)19)6-10(8-11)17-2/h6-8H,3-5H2,1-2H3,(H2,14,19)(H,15,16). The Morgan fingerprint density at radius 1 is 1.37 bits per heavy atom. The summed E-state index contributed by atoms with van der Waals surface area (Å²) in [5.41, 5.74) is 6.28. The summed E-state index contributed by atoms with van der Waals surface area (Å²) in [6.45, 7) is 0.442. The molecule has 0 saturated carbocycles. The van der Waals surface area contributed by atoms with Gasteiger partial charge >= 0.3 is 0 Å². The molecule has 0 aliphatic carbocycles. The van der Waals surface area contributed by atoms with E-state index in [1.54, 1.807) is 32.4 Å². The van der Waals surface area contributed by atoms with Crippen molar-refractivity contribution in [3.63, 3.8) is 0 Å². The van der Waals surface area contributed by atoms with Crippen LogP contribution in [-0.4, -0.2) is 31.7 Å². The molecule has 6 heteroatoms. The van der Waals surface area contributed by atoms with Gasteiger partial charge in [0.2, 0.25) is 5.91 Å². The summed E-state index contributed by atoms with van der Waals surface area (Å²) >= 11 is 4.93. The van der Waals surface area contributed by atoms with E-state index < -0.39 is 0 Å². The lowest BCUT2D eigenvalue weighted by atomic mass is 10.2. The first-order chi connectivity index (χ1) is 9.06. The number of hydrogen-bond acceptors (Lipinski definition) is 4. The summed E-state index contributed by atoms with van der Waals surface area (Å²) < 4.78 is 10.7. The van der Waals surface area contributed by atoms with Gasteiger partial charge in [-0.1, -0.05) is 12.2 Å². The van der Waals surface area contributed by atoms with E-state index in [-0.39, 0.29) is 10.9 Å². The molecule has 0 bridgehead atoms. The summed E-state index contributed by atoms with van der Waals surface area (Å²) in [7, 11) is 3.17. The Morgan fingerprint density at radius 2 is 2.05 bits per heavy atom. The maximum atomic E-state index is 11.0. The summed E-state index contributed by atoms with van der Waals surface area (Å²) in [5.74, 6) is 1.25. The highest BCUT2D eigenvalue weighted by Gasteiger charge is 2.05. The van der Waals surface area contributed by atoms with Gasteiger partial charge in [0.1, 0.15) is 16.5 Å². The first kappa shape index (κ1) is 15.2. The Morgan fingerprint density at radius 3 is 2.63 bits per heavy atom. The van der Waals surface area contributed by atoms with Crippen LogP contribution >= 0.6 is 12.2 Å². The molecular weight excluding hydrogens is 264 g/mol. The molecule has 0 fully saturated rings. The monoisotopic (exact) mass is 282 g/mol. The zero-order chi connectivity index (χ0) is 14.3. The third-order valence-corrected chi connectivity index (χ3v) is 2.73. The molecule has 1 amide bonds. The minimum Gasteiger partial charge on any atom is -0.497 e. The molecule has 1 aromatic carbocycles. The van der Waals surface area contributed by atoms with Gasteiger partial charge in [0.25, 0.3) is 0 Å². The molecule has 3 N–H and O–H groups in total. The summed E-state index contributed by atoms with van der Waals surface area (Å²) in [6, 6.07) is 5.26. The van der Waals surface area contributed by atoms with Crippen molar-refractivity contribution >= 4 is 23.1 Å². The normalized spacial score (nSPS) is 9.79. The van der Waals surface area contributed by atoms with E-state index >= 15 is 0 Å². The number of amides is 1. The molecular formula is C13H18N2O3S. The van der Waals surface area contributed by atoms with E-state index in [0.29, 0.717) is 36.5 Å². The Labute approximate surface area is 118 Å². The van der Waals surface area contributed by atoms with Gasteiger partial charge in [-0.3, -0.25) is 4.79 Å². The summed E-state index contributed by atoms with van der Waals surface area (Å²) in [4.78, 5) is 11.3. The lowest BCUT2D eigenvalue weighted by molar-refractivity contribution is -0.120. The average molecular weight is 282 g/mol. The van der Waals surface area contributed by atoms with Crippen molar-refractivity contribution < 1.29 is 14.3 Å². The van der Waals surface area contributed by atoms with Crippen LogP contribution in [-0.2, 0) is 4.79 Å². The number of methoxy groups -OCH3 is 1. The Bertz CT molecular complexity index is 463. The van der Waals surface area contributed by atoms with Gasteiger partial charge in [-0.05, 0) is 18.6 Å². The maximum Gasteiger partial charge on any atom is 0.219 e. The quantitative estimate of drug-likeness (QED) is 0.581. The first-order valence-electron chi connectivity index (χ1n) is 5.89. The van der Waals surface area contributed by atoms with Crippen LogP contribution < -0.4 is 20.5 Å². The second-order valence-corrected chi connectivity index (χ2v) is 4.33. The Kier molecular flexibility index (Phi) is 6.08. The van der Waals surface area contributed by atoms with Gasteiger partial charge in [0, 0.05) is 25.1 Å². The van der Waals surface area contributed by atoms with Gasteiger partial charge in [0.05, 0.1) is 13.7 Å². The highest BCUT2D eigenvalue weighted by Crippen LogP contribution is 2.23. The maximum absolute atomic E-state index is 11.0. The highest BCUT2D eigenvalue weighted by molar-refractivity contribution is 7.80. The number of nitrogens with two attached hydrogens (primary N) is 1. The van der Waals surface area contributed by atoms with Gasteiger partial charge in [-0.2, -0.15) is 0 Å². The van der Waals surface area contributed by atoms with Crippen LogP contribution in [0.3, 0.4) is 0 Å². The number of benzene rings is 1. The minimum absolute atomic E-state index is 0.00179. The van der Waals surface area contributed by atoms with Crippen LogP contribution in [0.4, 0.5) is 0 Å². The second-order valence-electron chi connectivity index (χ2n) is 3.89. The van der Waals surface area contributed by atoms with Crippen molar-refractivity contribution in [2.45, 2.75) is 12.8 Å². The SMILES string of the molecule is CNC(=O)CCCOc1cc(OC)cc(C(N)=S)c1. The number of nitrogens with one attached hydrogen (secondary N) is 1. The molecule has 0 aliphatic rings. The Balaban J connectivity index is 2.60. The predicted octanol–water partition coefficient (Wildman–Crippen LogP) is 1.23. The minimum atomic E-state index is -0.00179. The van der Waals surface area contributed by atoms with Crippen LogP contribution in [0, 0.1) is 0 Å². The zero-order valence-corrected chi connectivity index (χ0v) is 11.9. The van der Waals surface area contributed by atoms with Gasteiger partial charge < -0.3 is 20.5 Å². The molecule has 5 nitrogen and oxygen atoms in total. The molecule has 0 atom stereocenters. The topological polar surface area (TPSA) is 73.6 Å². The molecule has 0 spiro atoms. The van der Waals surface area contributed by atoms with Gasteiger partial charge in [-0.25, -0.2) is 0 Å². The summed E-state index contributed by atoms with van der Waals surface area (Å²) in [5, 5.41) is 2.56. The number of carbonyl (C=O) groups excluding carboxylic acids is 1. The molecule has 0 saturated heterocycles. The predicted molar refractivity (Wildman–Crippen MR) is 77.7 cm³/mol. The van der Waals surface area contributed by atoms with Crippen molar-refractivity contribution in [1.82, 2.24) is 5.32 Å². The average Bonchev–Trinajstić information content (AvgIpc) is 2.42. The number of ether oxygens (including phenoxy) is 2. The van der Waals surface area contributed by atoms with Crippen LogP contribution in [0.5, 0.6) is 11.5 Å². The fourth-order valence-corrected chi connectivity index (χ4v) is 1.58. The van der Waals surface area contributed by atoms with Crippen LogP contribution in [0.2, 0.25) is 0 Å². The van der Waals surface area contributed by atoms with Crippen LogP contribution in [0.1, 0.15) is 18.4 Å². The second kappa shape index (κ2) is 7.58. The van der Waals surface area contributed by atoms with Crippen molar-refractivity contribution in [2.75, 3.05) is 20.8 Å². The molecule has 104 valence electrons. The molecule has 0 aliphatic heterocycles. The number of thiocarbonyl (C=S) groups is 1. The third-order valence-electron chi connectivity index (χ3n) is 2.50. The fourth-order valence-electron chi connectivity index (χ4n) is 1.46. The molecule has 1 aromatic rings. The number of rotatable bonds is 7. The van der Waals surface area contributed by atoms with Crippen molar-refractivity contribution in [2.24, 2.45) is 5.73 Å². The van der Waals surface area contributed by atoms with Crippen LogP contribution in [0.15, 0.2) is 18.2 Å². The lowest BCUT2D eigenvalue weighted by Crippen LogP contribution is -2.18. The van der Waals surface area contributed by atoms with Crippen molar-refractivity contribution in [3.8, 4) is 11.5 Å². The number of hydrogen-bond donors (Lipinski definition) is 2.